The number of methoxy groups -OCH3 is 1. The number of ether oxygens (including phenoxy) is 2. The Kier molecular flexibility index (Phi) is 7.72. The van der Waals surface area contributed by atoms with E-state index in [0.717, 1.165) is 5.56 Å². The summed E-state index contributed by atoms with van der Waals surface area (Å²) < 4.78 is 37.2. The number of carbonyl (C=O) groups is 1. The monoisotopic (exact) mass is 454 g/mol. The first-order valence-corrected chi connectivity index (χ1v) is 11.6. The molecule has 1 amide bonds. The number of benzene rings is 3. The van der Waals surface area contributed by atoms with Crippen LogP contribution in [-0.4, -0.2) is 34.6 Å². The van der Waals surface area contributed by atoms with Gasteiger partial charge in [-0.05, 0) is 37.3 Å². The molecule has 2 N–H and O–H groups in total. The number of anilines is 1. The van der Waals surface area contributed by atoms with Crippen LogP contribution in [0.4, 0.5) is 5.69 Å². The lowest BCUT2D eigenvalue weighted by atomic mass is 10.2. The van der Waals surface area contributed by atoms with Crippen LogP contribution in [0, 0.1) is 0 Å². The highest BCUT2D eigenvalue weighted by Gasteiger charge is 2.22. The predicted octanol–water partition coefficient (Wildman–Crippen LogP) is 3.66. The topological polar surface area (TPSA) is 93.7 Å². The lowest BCUT2D eigenvalue weighted by Crippen LogP contribution is -2.29. The molecule has 0 fully saturated rings. The molecule has 0 bridgehead atoms. The quantitative estimate of drug-likeness (QED) is 0.486. The zero-order chi connectivity index (χ0) is 23.0. The molecule has 0 aromatic heterocycles. The average molecular weight is 455 g/mol. The molecular formula is C24H26N2O5S. The van der Waals surface area contributed by atoms with Gasteiger partial charge in [-0.2, -0.15) is 0 Å². The smallest absolute Gasteiger partial charge is 0.239 e. The fraction of sp³-hybridized carbons (Fsp3) is 0.208. The summed E-state index contributed by atoms with van der Waals surface area (Å²) >= 11 is 0. The summed E-state index contributed by atoms with van der Waals surface area (Å²) in [5.41, 5.74) is 1.17. The van der Waals surface area contributed by atoms with Crippen molar-refractivity contribution in [3.05, 3.63) is 78.4 Å². The van der Waals surface area contributed by atoms with Crippen molar-refractivity contribution in [2.75, 3.05) is 25.6 Å². The van der Waals surface area contributed by atoms with Crippen LogP contribution in [0.2, 0.25) is 0 Å². The first kappa shape index (κ1) is 23.1. The molecule has 8 heteroatoms. The van der Waals surface area contributed by atoms with Crippen molar-refractivity contribution < 1.29 is 22.7 Å². The van der Waals surface area contributed by atoms with Crippen molar-refractivity contribution in [2.24, 2.45) is 0 Å². The van der Waals surface area contributed by atoms with E-state index in [1.165, 1.54) is 18.2 Å². The Morgan fingerprint density at radius 3 is 2.41 bits per heavy atom. The van der Waals surface area contributed by atoms with Crippen LogP contribution in [0.3, 0.4) is 0 Å². The molecule has 7 nitrogen and oxygen atoms in total. The fourth-order valence-electron chi connectivity index (χ4n) is 3.13. The van der Waals surface area contributed by atoms with Crippen molar-refractivity contribution in [2.45, 2.75) is 23.3 Å². The first-order valence-electron chi connectivity index (χ1n) is 10.1. The van der Waals surface area contributed by atoms with Crippen molar-refractivity contribution >= 4 is 21.4 Å². The highest BCUT2D eigenvalue weighted by Crippen LogP contribution is 2.31. The number of hydrogen-bond donors (Lipinski definition) is 2. The SMILES string of the molecule is CCOc1ccc(NCC(=O)NCc2ccccc2OC)c(S(=O)(=O)c2ccccc2)c1. The maximum Gasteiger partial charge on any atom is 0.239 e. The van der Waals surface area contributed by atoms with E-state index in [1.807, 2.05) is 31.2 Å². The Hall–Kier alpha value is -3.52. The second kappa shape index (κ2) is 10.7. The van der Waals surface area contributed by atoms with Gasteiger partial charge in [-0.15, -0.1) is 0 Å². The van der Waals surface area contributed by atoms with Gasteiger partial charge in [0.25, 0.3) is 0 Å². The average Bonchev–Trinajstić information content (AvgIpc) is 2.82. The molecule has 0 heterocycles. The van der Waals surface area contributed by atoms with Crippen LogP contribution < -0.4 is 20.1 Å². The number of carbonyl (C=O) groups excluding carboxylic acids is 1. The minimum absolute atomic E-state index is 0.0483. The van der Waals surface area contributed by atoms with E-state index in [0.29, 0.717) is 30.3 Å². The summed E-state index contributed by atoms with van der Waals surface area (Å²) in [5, 5.41) is 5.76. The van der Waals surface area contributed by atoms with Gasteiger partial charge in [0, 0.05) is 18.2 Å². The molecule has 32 heavy (non-hydrogen) atoms. The molecule has 168 valence electrons. The fourth-order valence-corrected chi connectivity index (χ4v) is 4.61. The number of rotatable bonds is 10. The number of para-hydroxylation sites is 1. The largest absolute Gasteiger partial charge is 0.496 e. The molecule has 3 aromatic carbocycles. The third-order valence-corrected chi connectivity index (χ3v) is 6.52. The summed E-state index contributed by atoms with van der Waals surface area (Å²) in [7, 11) is -2.24. The molecular weight excluding hydrogens is 428 g/mol. The van der Waals surface area contributed by atoms with Crippen molar-refractivity contribution in [1.29, 1.82) is 0 Å². The van der Waals surface area contributed by atoms with Crippen LogP contribution in [0.5, 0.6) is 11.5 Å². The van der Waals surface area contributed by atoms with Gasteiger partial charge in [-0.3, -0.25) is 4.79 Å². The van der Waals surface area contributed by atoms with Crippen molar-refractivity contribution in [3.8, 4) is 11.5 Å². The minimum Gasteiger partial charge on any atom is -0.496 e. The van der Waals surface area contributed by atoms with Gasteiger partial charge in [0.05, 0.1) is 35.7 Å². The van der Waals surface area contributed by atoms with Gasteiger partial charge < -0.3 is 20.1 Å². The molecule has 3 aromatic rings. The molecule has 0 spiro atoms. The number of hydrogen-bond acceptors (Lipinski definition) is 6. The molecule has 0 saturated heterocycles. The Morgan fingerprint density at radius 1 is 0.969 bits per heavy atom. The van der Waals surface area contributed by atoms with E-state index in [4.69, 9.17) is 9.47 Å². The molecule has 0 aliphatic heterocycles. The van der Waals surface area contributed by atoms with Crippen molar-refractivity contribution in [1.82, 2.24) is 5.32 Å². The van der Waals surface area contributed by atoms with E-state index in [1.54, 1.807) is 37.4 Å². The number of sulfone groups is 1. The van der Waals surface area contributed by atoms with Crippen molar-refractivity contribution in [3.63, 3.8) is 0 Å². The number of nitrogens with one attached hydrogen (secondary N) is 2. The molecule has 0 unspecified atom stereocenters. The Bertz CT molecular complexity index is 1160. The van der Waals surface area contributed by atoms with Crippen LogP contribution in [0.25, 0.3) is 0 Å². The lowest BCUT2D eigenvalue weighted by Gasteiger charge is -2.15. The van der Waals surface area contributed by atoms with Crippen LogP contribution in [0.15, 0.2) is 82.6 Å². The molecule has 0 aliphatic rings. The summed E-state index contributed by atoms with van der Waals surface area (Å²) in [4.78, 5) is 12.6. The van der Waals surface area contributed by atoms with Gasteiger partial charge >= 0.3 is 0 Å². The maximum atomic E-state index is 13.2. The van der Waals surface area contributed by atoms with Crippen LogP contribution in [0.1, 0.15) is 12.5 Å². The minimum atomic E-state index is -3.81. The third kappa shape index (κ3) is 5.59. The Labute approximate surface area is 188 Å². The second-order valence-corrected chi connectivity index (χ2v) is 8.77. The molecule has 3 rings (SSSR count). The summed E-state index contributed by atoms with van der Waals surface area (Å²) in [6.07, 6.45) is 0. The summed E-state index contributed by atoms with van der Waals surface area (Å²) in [6.45, 7) is 2.43. The van der Waals surface area contributed by atoms with E-state index in [9.17, 15) is 13.2 Å². The summed E-state index contributed by atoms with van der Waals surface area (Å²) in [5.74, 6) is 0.838. The maximum absolute atomic E-state index is 13.2. The standard InChI is InChI=1S/C24H26N2O5S/c1-3-31-19-13-14-21(23(15-19)32(28,29)20-10-5-4-6-11-20)25-17-24(27)26-16-18-9-7-8-12-22(18)30-2/h4-15,25H,3,16-17H2,1-2H3,(H,26,27). The first-order chi connectivity index (χ1) is 15.5. The van der Waals surface area contributed by atoms with Gasteiger partial charge in [0.1, 0.15) is 11.5 Å². The van der Waals surface area contributed by atoms with Gasteiger partial charge in [0.15, 0.2) is 0 Å². The predicted molar refractivity (Wildman–Crippen MR) is 123 cm³/mol. The lowest BCUT2D eigenvalue weighted by molar-refractivity contribution is -0.119. The van der Waals surface area contributed by atoms with Gasteiger partial charge in [-0.1, -0.05) is 36.4 Å². The molecule has 0 saturated carbocycles. The van der Waals surface area contributed by atoms with E-state index in [2.05, 4.69) is 10.6 Å². The second-order valence-electron chi connectivity index (χ2n) is 6.85. The molecule has 0 atom stereocenters. The van der Waals surface area contributed by atoms with Crippen LogP contribution in [-0.2, 0) is 21.2 Å². The Morgan fingerprint density at radius 2 is 1.69 bits per heavy atom. The number of amides is 1. The van der Waals surface area contributed by atoms with Gasteiger partial charge in [-0.25, -0.2) is 8.42 Å². The van der Waals surface area contributed by atoms with Gasteiger partial charge in [0.2, 0.25) is 15.7 Å². The normalized spacial score (nSPS) is 10.9. The van der Waals surface area contributed by atoms with E-state index < -0.39 is 9.84 Å². The third-order valence-electron chi connectivity index (χ3n) is 4.72. The van der Waals surface area contributed by atoms with Crippen LogP contribution >= 0.6 is 0 Å². The zero-order valence-electron chi connectivity index (χ0n) is 18.0. The highest BCUT2D eigenvalue weighted by molar-refractivity contribution is 7.91. The van der Waals surface area contributed by atoms with E-state index in [-0.39, 0.29) is 22.2 Å². The molecule has 0 aliphatic carbocycles. The highest BCUT2D eigenvalue weighted by atomic mass is 32.2. The summed E-state index contributed by atoms with van der Waals surface area (Å²) in [6, 6.07) is 20.3. The zero-order valence-corrected chi connectivity index (χ0v) is 18.8. The molecule has 0 radical (unpaired) electrons. The Balaban J connectivity index is 1.76. The van der Waals surface area contributed by atoms with E-state index >= 15 is 0 Å².